The summed E-state index contributed by atoms with van der Waals surface area (Å²) in [6, 6.07) is 0. The van der Waals surface area contributed by atoms with Crippen LogP contribution in [0.5, 0.6) is 5.19 Å². The van der Waals surface area contributed by atoms with Crippen LogP contribution < -0.4 is 4.74 Å². The molecule has 194 valence electrons. The van der Waals surface area contributed by atoms with Gasteiger partial charge >= 0.3 is 6.18 Å². The number of fused-ring (bicyclic) bond motifs is 1. The molecular weight excluding hydrogens is 484 g/mol. The van der Waals surface area contributed by atoms with Crippen molar-refractivity contribution < 1.29 is 27.1 Å². The van der Waals surface area contributed by atoms with Crippen molar-refractivity contribution >= 4 is 17.1 Å². The van der Waals surface area contributed by atoms with E-state index in [1.165, 1.54) is 24.6 Å². The number of rotatable bonds is 9. The zero-order valence-electron chi connectivity index (χ0n) is 19.9. The molecule has 11 heteroatoms. The second kappa shape index (κ2) is 11.4. The molecule has 0 amide bonds. The van der Waals surface area contributed by atoms with Crippen LogP contribution in [-0.4, -0.2) is 57.9 Å². The minimum absolute atomic E-state index is 0.0814. The minimum atomic E-state index is -4.35. The lowest BCUT2D eigenvalue weighted by Gasteiger charge is -2.30. The van der Waals surface area contributed by atoms with Crippen LogP contribution in [0.3, 0.4) is 0 Å². The average Bonchev–Trinajstić information content (AvgIpc) is 3.28. The maximum absolute atomic E-state index is 13.9. The summed E-state index contributed by atoms with van der Waals surface area (Å²) in [5.41, 5.74) is 1.24. The average molecular weight is 517 g/mol. The molecule has 0 saturated heterocycles. The fourth-order valence-corrected chi connectivity index (χ4v) is 6.04. The molecule has 0 bridgehead atoms. The third kappa shape index (κ3) is 7.49. The van der Waals surface area contributed by atoms with Crippen LogP contribution in [-0.2, 0) is 31.1 Å². The summed E-state index contributed by atoms with van der Waals surface area (Å²) in [5, 5.41) is 3.97. The van der Waals surface area contributed by atoms with E-state index in [9.17, 15) is 22.4 Å². The summed E-state index contributed by atoms with van der Waals surface area (Å²) in [5.74, 6) is 0.678. The number of nitrogens with zero attached hydrogens (tertiary/aromatic N) is 4. The molecule has 0 atom stereocenters. The number of carbonyl (C=O) groups excluding carboxylic acids is 1. The van der Waals surface area contributed by atoms with Gasteiger partial charge in [0, 0.05) is 49.8 Å². The molecule has 0 unspecified atom stereocenters. The number of halogens is 4. The first-order valence-electron chi connectivity index (χ1n) is 12.2. The van der Waals surface area contributed by atoms with E-state index in [1.54, 1.807) is 0 Å². The van der Waals surface area contributed by atoms with Gasteiger partial charge in [0.15, 0.2) is 6.61 Å². The number of hydrogen-bond acceptors (Lipinski definition) is 6. The molecule has 4 rings (SSSR count). The van der Waals surface area contributed by atoms with Gasteiger partial charge in [0.25, 0.3) is 5.19 Å². The number of Topliss-reactive ketones (excluding diaryl/α,β-unsaturated/α-hetero) is 1. The number of ether oxygens (including phenoxy) is 1. The predicted octanol–water partition coefficient (Wildman–Crippen LogP) is 4.76. The van der Waals surface area contributed by atoms with E-state index >= 15 is 0 Å². The Labute approximate surface area is 206 Å². The second-order valence-corrected chi connectivity index (χ2v) is 10.8. The molecular formula is C24H32F4N4O2S. The Hall–Kier alpha value is -2.01. The molecule has 0 radical (unpaired) electrons. The summed E-state index contributed by atoms with van der Waals surface area (Å²) < 4.78 is 56.9. The standard InChI is InChI=1S/C24H32F4N4O2S/c1-31-22(25)18(14-29-31)13-19(33)12-17-4-2-16(3-5-17)6-9-32-10-7-20-21(8-11-32)35-23(30-20)34-15-24(26,27)28/h14,16-17H,2-13,15H2,1H3. The first kappa shape index (κ1) is 26.1. The van der Waals surface area contributed by atoms with Gasteiger partial charge in [-0.1, -0.05) is 24.2 Å². The number of ketones is 1. The Morgan fingerprint density at radius 3 is 2.57 bits per heavy atom. The lowest BCUT2D eigenvalue weighted by Crippen LogP contribution is -2.30. The largest absolute Gasteiger partial charge is 0.460 e. The molecule has 0 aromatic carbocycles. The highest BCUT2D eigenvalue weighted by Gasteiger charge is 2.30. The van der Waals surface area contributed by atoms with E-state index in [-0.39, 0.29) is 17.4 Å². The molecule has 2 aliphatic rings. The normalized spacial score (nSPS) is 21.5. The Kier molecular flexibility index (Phi) is 8.46. The molecule has 3 heterocycles. The van der Waals surface area contributed by atoms with Gasteiger partial charge in [0.2, 0.25) is 5.95 Å². The lowest BCUT2D eigenvalue weighted by atomic mass is 9.78. The van der Waals surface area contributed by atoms with E-state index in [2.05, 4.69) is 15.0 Å². The van der Waals surface area contributed by atoms with Crippen LogP contribution in [0.1, 0.15) is 54.7 Å². The Morgan fingerprint density at radius 2 is 1.89 bits per heavy atom. The first-order valence-corrected chi connectivity index (χ1v) is 13.1. The zero-order chi connectivity index (χ0) is 25.0. The minimum Gasteiger partial charge on any atom is -0.460 e. The molecule has 1 saturated carbocycles. The van der Waals surface area contributed by atoms with E-state index < -0.39 is 18.7 Å². The first-order chi connectivity index (χ1) is 16.7. The number of thiazole rings is 1. The summed E-state index contributed by atoms with van der Waals surface area (Å²) in [7, 11) is 1.53. The monoisotopic (exact) mass is 516 g/mol. The SMILES string of the molecule is Cn1ncc(CC(=O)CC2CCC(CCN3CCc4nc(OCC(F)(F)F)sc4CC3)CC2)c1F. The van der Waals surface area contributed by atoms with Gasteiger partial charge < -0.3 is 9.64 Å². The van der Waals surface area contributed by atoms with Crippen molar-refractivity contribution in [1.82, 2.24) is 19.7 Å². The second-order valence-electron chi connectivity index (χ2n) is 9.77. The van der Waals surface area contributed by atoms with Gasteiger partial charge in [-0.3, -0.25) is 4.79 Å². The summed E-state index contributed by atoms with van der Waals surface area (Å²) >= 11 is 1.23. The third-order valence-electron chi connectivity index (χ3n) is 7.10. The van der Waals surface area contributed by atoms with Gasteiger partial charge in [-0.15, -0.1) is 0 Å². The maximum Gasteiger partial charge on any atom is 0.422 e. The number of carbonyl (C=O) groups is 1. The van der Waals surface area contributed by atoms with Crippen LogP contribution in [0.2, 0.25) is 0 Å². The van der Waals surface area contributed by atoms with Crippen LogP contribution in [0.4, 0.5) is 17.6 Å². The van der Waals surface area contributed by atoms with Gasteiger partial charge in [-0.05, 0) is 44.1 Å². The Bertz CT molecular complexity index is 973. The van der Waals surface area contributed by atoms with Crippen molar-refractivity contribution in [2.45, 2.75) is 64.0 Å². The molecule has 2 aromatic rings. The molecule has 0 spiro atoms. The fourth-order valence-electron chi connectivity index (χ4n) is 5.10. The number of hydrogen-bond donors (Lipinski definition) is 0. The van der Waals surface area contributed by atoms with Crippen LogP contribution in [0.15, 0.2) is 6.20 Å². The molecule has 1 aliphatic heterocycles. The highest BCUT2D eigenvalue weighted by atomic mass is 32.1. The quantitative estimate of drug-likeness (QED) is 0.450. The molecule has 0 N–H and O–H groups in total. The predicted molar refractivity (Wildman–Crippen MR) is 124 cm³/mol. The van der Waals surface area contributed by atoms with Crippen molar-refractivity contribution in [2.24, 2.45) is 18.9 Å². The number of alkyl halides is 3. The van der Waals surface area contributed by atoms with Crippen LogP contribution in [0.25, 0.3) is 0 Å². The highest BCUT2D eigenvalue weighted by Crippen LogP contribution is 2.34. The molecule has 35 heavy (non-hydrogen) atoms. The summed E-state index contributed by atoms with van der Waals surface area (Å²) in [6.45, 7) is 1.43. The van der Waals surface area contributed by atoms with Crippen molar-refractivity contribution in [3.05, 3.63) is 28.3 Å². The van der Waals surface area contributed by atoms with Crippen LogP contribution in [0, 0.1) is 17.8 Å². The van der Waals surface area contributed by atoms with Crippen LogP contribution >= 0.6 is 11.3 Å². The van der Waals surface area contributed by atoms with Gasteiger partial charge in [0.1, 0.15) is 5.78 Å². The van der Waals surface area contributed by atoms with Crippen molar-refractivity contribution in [1.29, 1.82) is 0 Å². The summed E-state index contributed by atoms with van der Waals surface area (Å²) in [4.78, 5) is 20.1. The fraction of sp³-hybridized carbons (Fsp3) is 0.708. The van der Waals surface area contributed by atoms with Gasteiger partial charge in [0.05, 0.1) is 11.9 Å². The van der Waals surface area contributed by atoms with Gasteiger partial charge in [-0.2, -0.15) is 22.7 Å². The van der Waals surface area contributed by atoms with Crippen molar-refractivity contribution in [2.75, 3.05) is 26.2 Å². The molecule has 1 aliphatic carbocycles. The zero-order valence-corrected chi connectivity index (χ0v) is 20.8. The Balaban J connectivity index is 1.14. The lowest BCUT2D eigenvalue weighted by molar-refractivity contribution is -0.153. The van der Waals surface area contributed by atoms with E-state index in [4.69, 9.17) is 4.74 Å². The third-order valence-corrected chi connectivity index (χ3v) is 8.17. The number of aryl methyl sites for hydroxylation is 1. The topological polar surface area (TPSA) is 60.2 Å². The van der Waals surface area contributed by atoms with Crippen molar-refractivity contribution in [3.63, 3.8) is 0 Å². The van der Waals surface area contributed by atoms with E-state index in [0.717, 1.165) is 79.8 Å². The summed E-state index contributed by atoms with van der Waals surface area (Å²) in [6.07, 6.45) is 4.63. The van der Waals surface area contributed by atoms with E-state index in [0.29, 0.717) is 23.8 Å². The smallest absolute Gasteiger partial charge is 0.422 e. The molecule has 2 aromatic heterocycles. The number of aromatic nitrogens is 3. The molecule has 6 nitrogen and oxygen atoms in total. The maximum atomic E-state index is 13.9. The van der Waals surface area contributed by atoms with Crippen molar-refractivity contribution in [3.8, 4) is 5.19 Å². The van der Waals surface area contributed by atoms with Gasteiger partial charge in [-0.25, -0.2) is 9.67 Å². The highest BCUT2D eigenvalue weighted by molar-refractivity contribution is 7.13. The van der Waals surface area contributed by atoms with E-state index in [1.807, 2.05) is 0 Å². The molecule has 1 fully saturated rings. The Morgan fingerprint density at radius 1 is 1.17 bits per heavy atom.